The standard InChI is InChI=1S/C14H15ClF3N3/c1-10-8-20(4-5-21(10)9-14(16,17)18)13-3-2-12(15)6-11(13)7-19/h2-3,6,10H,4-5,8-9H2,1H3. The molecule has 1 aliphatic heterocycles. The van der Waals surface area contributed by atoms with Gasteiger partial charge in [0.2, 0.25) is 0 Å². The molecule has 0 amide bonds. The van der Waals surface area contributed by atoms with Crippen molar-refractivity contribution in [3.05, 3.63) is 28.8 Å². The summed E-state index contributed by atoms with van der Waals surface area (Å²) in [5, 5.41) is 9.62. The number of nitrogens with zero attached hydrogens (tertiary/aromatic N) is 3. The summed E-state index contributed by atoms with van der Waals surface area (Å²) in [6, 6.07) is 6.85. The highest BCUT2D eigenvalue weighted by molar-refractivity contribution is 6.30. The van der Waals surface area contributed by atoms with Crippen LogP contribution in [0.4, 0.5) is 18.9 Å². The molecule has 0 saturated carbocycles. The van der Waals surface area contributed by atoms with Gasteiger partial charge in [-0.2, -0.15) is 18.4 Å². The van der Waals surface area contributed by atoms with E-state index >= 15 is 0 Å². The number of piperazine rings is 1. The molecule has 0 aliphatic carbocycles. The zero-order valence-corrected chi connectivity index (χ0v) is 12.2. The molecule has 21 heavy (non-hydrogen) atoms. The second-order valence-corrected chi connectivity index (χ2v) is 5.59. The van der Waals surface area contributed by atoms with Crippen LogP contribution in [0.3, 0.4) is 0 Å². The lowest BCUT2D eigenvalue weighted by Gasteiger charge is -2.41. The van der Waals surface area contributed by atoms with E-state index in [2.05, 4.69) is 6.07 Å². The first-order valence-corrected chi connectivity index (χ1v) is 6.93. The quantitative estimate of drug-likeness (QED) is 0.838. The smallest absolute Gasteiger partial charge is 0.368 e. The van der Waals surface area contributed by atoms with Crippen molar-refractivity contribution in [3.63, 3.8) is 0 Å². The van der Waals surface area contributed by atoms with Crippen molar-refractivity contribution < 1.29 is 13.2 Å². The van der Waals surface area contributed by atoms with Crippen LogP contribution in [0.2, 0.25) is 5.02 Å². The van der Waals surface area contributed by atoms with Crippen LogP contribution >= 0.6 is 11.6 Å². The average molecular weight is 318 g/mol. The Bertz CT molecular complexity index is 553. The number of hydrogen-bond acceptors (Lipinski definition) is 3. The largest absolute Gasteiger partial charge is 0.401 e. The van der Waals surface area contributed by atoms with Gasteiger partial charge < -0.3 is 4.90 Å². The lowest BCUT2D eigenvalue weighted by Crippen LogP contribution is -2.54. The highest BCUT2D eigenvalue weighted by atomic mass is 35.5. The maximum absolute atomic E-state index is 12.5. The van der Waals surface area contributed by atoms with Crippen LogP contribution < -0.4 is 4.90 Å². The van der Waals surface area contributed by atoms with Crippen LogP contribution in [0.1, 0.15) is 12.5 Å². The topological polar surface area (TPSA) is 30.3 Å². The molecule has 1 unspecified atom stereocenters. The minimum absolute atomic E-state index is 0.234. The first-order valence-electron chi connectivity index (χ1n) is 6.55. The summed E-state index contributed by atoms with van der Waals surface area (Å²) >= 11 is 5.86. The van der Waals surface area contributed by atoms with Crippen molar-refractivity contribution in [2.45, 2.75) is 19.1 Å². The Labute approximate surface area is 126 Å². The minimum Gasteiger partial charge on any atom is -0.368 e. The number of anilines is 1. The maximum Gasteiger partial charge on any atom is 0.401 e. The van der Waals surface area contributed by atoms with Gasteiger partial charge in [0.25, 0.3) is 0 Å². The number of benzene rings is 1. The fourth-order valence-electron chi connectivity index (χ4n) is 2.55. The van der Waals surface area contributed by atoms with Crippen LogP contribution in [-0.2, 0) is 0 Å². The molecule has 114 valence electrons. The third-order valence-electron chi connectivity index (χ3n) is 3.57. The highest BCUT2D eigenvalue weighted by Crippen LogP contribution is 2.27. The van der Waals surface area contributed by atoms with E-state index in [0.29, 0.717) is 30.2 Å². The summed E-state index contributed by atoms with van der Waals surface area (Å²) in [5.41, 5.74) is 1.17. The molecule has 1 aromatic carbocycles. The van der Waals surface area contributed by atoms with Crippen LogP contribution in [0.5, 0.6) is 0 Å². The van der Waals surface area contributed by atoms with Crippen LogP contribution in [0.15, 0.2) is 18.2 Å². The van der Waals surface area contributed by atoms with Crippen LogP contribution in [0.25, 0.3) is 0 Å². The Hall–Kier alpha value is -1.45. The fourth-order valence-corrected chi connectivity index (χ4v) is 2.72. The monoisotopic (exact) mass is 317 g/mol. The second-order valence-electron chi connectivity index (χ2n) is 5.15. The Morgan fingerprint density at radius 1 is 1.38 bits per heavy atom. The molecule has 0 N–H and O–H groups in total. The van der Waals surface area contributed by atoms with Crippen molar-refractivity contribution in [1.29, 1.82) is 5.26 Å². The molecule has 0 radical (unpaired) electrons. The fraction of sp³-hybridized carbons (Fsp3) is 0.500. The molecule has 1 heterocycles. The van der Waals surface area contributed by atoms with E-state index in [9.17, 15) is 13.2 Å². The first-order chi connectivity index (χ1) is 9.80. The molecule has 1 aromatic rings. The summed E-state index contributed by atoms with van der Waals surface area (Å²) in [6.45, 7) is 2.09. The molecule has 0 aromatic heterocycles. The van der Waals surface area contributed by atoms with E-state index in [-0.39, 0.29) is 6.04 Å². The third kappa shape index (κ3) is 4.02. The van der Waals surface area contributed by atoms with Gasteiger partial charge in [-0.25, -0.2) is 0 Å². The molecule has 2 rings (SSSR count). The van der Waals surface area contributed by atoms with E-state index in [1.165, 1.54) is 4.90 Å². The van der Waals surface area contributed by atoms with Crippen molar-refractivity contribution in [3.8, 4) is 6.07 Å². The van der Waals surface area contributed by atoms with Crippen molar-refractivity contribution in [2.75, 3.05) is 31.1 Å². The molecule has 7 heteroatoms. The predicted octanol–water partition coefficient (Wildman–Crippen LogP) is 3.28. The summed E-state index contributed by atoms with van der Waals surface area (Å²) in [6.07, 6.45) is -4.19. The molecule has 1 saturated heterocycles. The molecular weight excluding hydrogens is 303 g/mol. The van der Waals surface area contributed by atoms with Crippen LogP contribution in [0, 0.1) is 11.3 Å². The van der Waals surface area contributed by atoms with Crippen molar-refractivity contribution in [1.82, 2.24) is 4.90 Å². The number of halogens is 4. The maximum atomic E-state index is 12.5. The van der Waals surface area contributed by atoms with Crippen LogP contribution in [-0.4, -0.2) is 43.3 Å². The number of rotatable bonds is 2. The molecule has 1 aliphatic rings. The van der Waals surface area contributed by atoms with Gasteiger partial charge in [0.1, 0.15) is 6.07 Å². The number of nitriles is 1. The SMILES string of the molecule is CC1CN(c2ccc(Cl)cc2C#N)CCN1CC(F)(F)F. The Kier molecular flexibility index (Phi) is 4.64. The molecule has 1 atom stereocenters. The van der Waals surface area contributed by atoms with Gasteiger partial charge in [0.15, 0.2) is 0 Å². The Morgan fingerprint density at radius 2 is 2.10 bits per heavy atom. The summed E-state index contributed by atoms with van der Waals surface area (Å²) in [4.78, 5) is 3.35. The molecule has 3 nitrogen and oxygen atoms in total. The van der Waals surface area contributed by atoms with Crippen molar-refractivity contribution in [2.24, 2.45) is 0 Å². The molecule has 1 fully saturated rings. The van der Waals surface area contributed by atoms with E-state index < -0.39 is 12.7 Å². The van der Waals surface area contributed by atoms with Gasteiger partial charge in [0, 0.05) is 30.7 Å². The highest BCUT2D eigenvalue weighted by Gasteiger charge is 2.35. The average Bonchev–Trinajstić information content (AvgIpc) is 2.39. The van der Waals surface area contributed by atoms with Crippen molar-refractivity contribution >= 4 is 17.3 Å². The lowest BCUT2D eigenvalue weighted by molar-refractivity contribution is -0.150. The summed E-state index contributed by atoms with van der Waals surface area (Å²) < 4.78 is 37.5. The van der Waals surface area contributed by atoms with Gasteiger partial charge >= 0.3 is 6.18 Å². The van der Waals surface area contributed by atoms with E-state index in [4.69, 9.17) is 16.9 Å². The van der Waals surface area contributed by atoms with Gasteiger partial charge in [-0.1, -0.05) is 11.6 Å². The van der Waals surface area contributed by atoms with Gasteiger partial charge in [-0.15, -0.1) is 0 Å². The third-order valence-corrected chi connectivity index (χ3v) is 3.80. The summed E-state index contributed by atoms with van der Waals surface area (Å²) in [5.74, 6) is 0. The van der Waals surface area contributed by atoms with Gasteiger partial charge in [-0.3, -0.25) is 4.90 Å². The number of hydrogen-bond donors (Lipinski definition) is 0. The van der Waals surface area contributed by atoms with E-state index in [0.717, 1.165) is 5.69 Å². The zero-order chi connectivity index (χ0) is 15.6. The molecule has 0 spiro atoms. The van der Waals surface area contributed by atoms with E-state index in [1.54, 1.807) is 25.1 Å². The molecular formula is C14H15ClF3N3. The molecule has 0 bridgehead atoms. The minimum atomic E-state index is -4.19. The Balaban J connectivity index is 2.11. The second kappa shape index (κ2) is 6.12. The predicted molar refractivity (Wildman–Crippen MR) is 75.5 cm³/mol. The summed E-state index contributed by atoms with van der Waals surface area (Å²) in [7, 11) is 0. The normalized spacial score (nSPS) is 20.4. The first kappa shape index (κ1) is 15.9. The Morgan fingerprint density at radius 3 is 2.67 bits per heavy atom. The lowest BCUT2D eigenvalue weighted by atomic mass is 10.1. The zero-order valence-electron chi connectivity index (χ0n) is 11.5. The van der Waals surface area contributed by atoms with Gasteiger partial charge in [-0.05, 0) is 25.1 Å². The van der Waals surface area contributed by atoms with Gasteiger partial charge in [0.05, 0.1) is 17.8 Å². The van der Waals surface area contributed by atoms with E-state index in [1.807, 2.05) is 4.90 Å². The number of alkyl halides is 3.